The Morgan fingerprint density at radius 3 is 1.24 bits per heavy atom. The van der Waals surface area contributed by atoms with Gasteiger partial charge in [-0.1, -0.05) is 181 Å². The van der Waals surface area contributed by atoms with Crippen molar-refractivity contribution in [3.63, 3.8) is 0 Å². The molecule has 6 heterocycles. The summed E-state index contributed by atoms with van der Waals surface area (Å²) in [6.45, 7) is 35.2. The number of hydrogen-bond donors (Lipinski definition) is 10. The summed E-state index contributed by atoms with van der Waals surface area (Å²) in [5, 5.41) is 114. The van der Waals surface area contributed by atoms with Crippen molar-refractivity contribution in [2.24, 2.45) is 76.9 Å². The lowest BCUT2D eigenvalue weighted by atomic mass is 9.78. The third-order valence-electron chi connectivity index (χ3n) is 32.1. The zero-order valence-electron chi connectivity index (χ0n) is 90.8. The first-order chi connectivity index (χ1) is 67.4. The van der Waals surface area contributed by atoms with Gasteiger partial charge < -0.3 is 113 Å². The number of ketones is 2. The summed E-state index contributed by atoms with van der Waals surface area (Å²) in [5.41, 5.74) is 4.30. The molecule has 4 saturated heterocycles. The maximum absolute atomic E-state index is 14.4. The van der Waals surface area contributed by atoms with Gasteiger partial charge in [-0.3, -0.25) is 19.2 Å². The zero-order chi connectivity index (χ0) is 106. The molecule has 0 radical (unpaired) electrons. The van der Waals surface area contributed by atoms with Crippen molar-refractivity contribution >= 4 is 35.3 Å². The number of Topliss-reactive ketones (excluding diaryl/α,β-unsaturated/α-hetero) is 2. The predicted octanol–water partition coefficient (Wildman–Crippen LogP) is 15.2. The lowest BCUT2D eigenvalue weighted by molar-refractivity contribution is -0.265. The monoisotopic (exact) mass is 2010 g/mol. The summed E-state index contributed by atoms with van der Waals surface area (Å²) < 4.78 is 63.9. The van der Waals surface area contributed by atoms with E-state index in [1.165, 1.54) is 29.6 Å². The van der Waals surface area contributed by atoms with Crippen LogP contribution in [0.3, 0.4) is 0 Å². The van der Waals surface area contributed by atoms with Crippen LogP contribution in [0.5, 0.6) is 11.5 Å². The van der Waals surface area contributed by atoms with Gasteiger partial charge in [0.2, 0.25) is 11.6 Å². The number of allylic oxidation sites excluding steroid dienone is 11. The topological polar surface area (TPSA) is 413 Å². The molecule has 2 saturated carbocycles. The van der Waals surface area contributed by atoms with Gasteiger partial charge in [0.25, 0.3) is 23.4 Å². The van der Waals surface area contributed by atoms with E-state index in [-0.39, 0.29) is 110 Å². The third kappa shape index (κ3) is 34.9. The number of aliphatic hydroxyl groups excluding tert-OH is 8. The Hall–Kier alpha value is -6.72. The van der Waals surface area contributed by atoms with E-state index in [1.807, 2.05) is 122 Å². The van der Waals surface area contributed by atoms with Gasteiger partial charge >= 0.3 is 11.9 Å². The molecule has 10 N–H and O–H groups in total. The number of nitrogens with zero attached hydrogens (tertiary/aromatic N) is 2. The van der Waals surface area contributed by atoms with Gasteiger partial charge in [-0.25, -0.2) is 9.59 Å². The number of piperidine rings is 2. The Bertz CT molecular complexity index is 4380. The van der Waals surface area contributed by atoms with Crippen molar-refractivity contribution in [3.05, 3.63) is 119 Å². The number of ether oxygens (including phenoxy) is 11. The van der Waals surface area contributed by atoms with Crippen LogP contribution in [-0.2, 0) is 76.8 Å². The molecule has 0 spiro atoms. The zero-order valence-corrected chi connectivity index (χ0v) is 90.8. The first kappa shape index (κ1) is 123. The van der Waals surface area contributed by atoms with E-state index in [1.54, 1.807) is 75.4 Å². The standard InChI is InChI=1S/C51H83NO13.C51H83NO12.C12H18O2/c1-30-16-12-11-13-17-31(2)42(61-8)28-38-21-19-36(7)51(60,65-38)48(57)49(58)52-23-15-14-18-39(52)50(59)64-43(33(4)26-37-20-22-40(53)44(27-37)62-9)29-41(54)32(3)25-35(6)46(56)47(63-10)45(55)34(5)24-30;1-30-16-12-11-13-17-31(2)32(3)27-39-21-19-37(8)51(60,64-39)48(57)49(58)52-23-15-14-18-40(52)50(59)63-43(34(5)26-38-20-22-41(53)44(28-38)61-9)29-42(54)33(4)25-36(7)46(56)47(62-10)45(55)35(6)24-30;1-12(2,3)10-7-6-9(13-4)8-11(10)14-5/h11-13,16-17,25,30,32-34,36-47,53-56,60H,14-15,18-24,26-29H2,1-10H3;11-13,16-17,25,30,32-35,37-47,53-56,60H,14-15,18-24,26-29H2,1-10H3;6-8H,1-5H3/b13-11?,16-12+,31-17?,35-25+;13-11+,16-12+,31-17+,36-25+;/t30-,32-,33-,34-,36-,37+,38?,39+,40-,41+,42+,43?,44-,45+,46-,47+,51-;30-,32+,33-,34-,35-,37-,38+,39?,40+,41-,42+,43?,44-,45+,46-,47+,51-;/m11./s1. The van der Waals surface area contributed by atoms with Crippen LogP contribution in [0.2, 0.25) is 0 Å². The molecule has 4 bridgehead atoms. The molecule has 1 aromatic carbocycles. The fourth-order valence-corrected chi connectivity index (χ4v) is 22.2. The summed E-state index contributed by atoms with van der Waals surface area (Å²) in [7, 11) is 11.0. The molecule has 9 rings (SSSR count). The van der Waals surface area contributed by atoms with Crippen LogP contribution in [0.15, 0.2) is 113 Å². The quantitative estimate of drug-likeness (QED) is 0.0498. The number of hydrogen-bond acceptors (Lipinski definition) is 27. The molecule has 29 heteroatoms. The van der Waals surface area contributed by atoms with Crippen LogP contribution in [0, 0.1) is 76.9 Å². The molecular weight excluding hydrogens is 1830 g/mol. The van der Waals surface area contributed by atoms with Crippen molar-refractivity contribution in [1.82, 2.24) is 9.80 Å². The normalized spacial score (nSPS) is 39.2. The summed E-state index contributed by atoms with van der Waals surface area (Å²) in [6.07, 6.45) is 22.5. The average molecular weight is 2010 g/mol. The molecule has 4 unspecified atom stereocenters. The lowest BCUT2D eigenvalue weighted by Crippen LogP contribution is -2.61. The van der Waals surface area contributed by atoms with Gasteiger partial charge in [0, 0.05) is 97.6 Å². The molecule has 6 fully saturated rings. The fraction of sp³-hybridized carbons (Fsp3) is 0.754. The minimum atomic E-state index is -2.41. The van der Waals surface area contributed by atoms with Crippen LogP contribution >= 0.6 is 0 Å². The summed E-state index contributed by atoms with van der Waals surface area (Å²) in [6, 6.07) is 3.75. The molecule has 1 aromatic rings. The highest BCUT2D eigenvalue weighted by molar-refractivity contribution is 6.39. The highest BCUT2D eigenvalue weighted by Gasteiger charge is 2.56. The molecule has 8 aliphatic rings. The van der Waals surface area contributed by atoms with Crippen LogP contribution in [-0.4, -0.2) is 286 Å². The van der Waals surface area contributed by atoms with Crippen LogP contribution in [0.1, 0.15) is 284 Å². The van der Waals surface area contributed by atoms with Gasteiger partial charge in [0.1, 0.15) is 60.2 Å². The van der Waals surface area contributed by atoms with E-state index in [9.17, 15) is 79.8 Å². The summed E-state index contributed by atoms with van der Waals surface area (Å²) >= 11 is 0. The number of carbonyl (C=O) groups is 6. The fourth-order valence-electron chi connectivity index (χ4n) is 22.2. The second-order valence-electron chi connectivity index (χ2n) is 44.5. The largest absolute Gasteiger partial charge is 0.497 e. The number of fused-ring (bicyclic) bond motifs is 6. The average Bonchev–Trinajstić information content (AvgIpc) is 0.774. The maximum atomic E-state index is 14.4. The van der Waals surface area contributed by atoms with E-state index >= 15 is 0 Å². The van der Waals surface area contributed by atoms with Crippen molar-refractivity contribution in [3.8, 4) is 11.5 Å². The first-order valence-electron chi connectivity index (χ1n) is 53.1. The Labute approximate surface area is 854 Å². The van der Waals surface area contributed by atoms with E-state index in [4.69, 9.17) is 52.1 Å². The molecule has 812 valence electrons. The van der Waals surface area contributed by atoms with E-state index < -0.39 is 174 Å². The number of carbonyl (C=O) groups excluding carboxylic acids is 6. The Morgan fingerprint density at radius 1 is 0.441 bits per heavy atom. The van der Waals surface area contributed by atoms with Crippen molar-refractivity contribution in [2.75, 3.05) is 62.9 Å². The number of amides is 2. The first-order valence-corrected chi connectivity index (χ1v) is 53.1. The predicted molar refractivity (Wildman–Crippen MR) is 551 cm³/mol. The van der Waals surface area contributed by atoms with Crippen molar-refractivity contribution < 1.29 is 132 Å². The van der Waals surface area contributed by atoms with E-state index in [0.29, 0.717) is 127 Å². The second kappa shape index (κ2) is 58.5. The van der Waals surface area contributed by atoms with Crippen molar-refractivity contribution in [1.29, 1.82) is 0 Å². The van der Waals surface area contributed by atoms with Gasteiger partial charge in [-0.15, -0.1) is 0 Å². The minimum Gasteiger partial charge on any atom is -0.497 e. The summed E-state index contributed by atoms with van der Waals surface area (Å²) in [4.78, 5) is 88.1. The van der Waals surface area contributed by atoms with Crippen LogP contribution < -0.4 is 9.47 Å². The number of methoxy groups -OCH3 is 7. The highest BCUT2D eigenvalue weighted by Crippen LogP contribution is 2.44. The van der Waals surface area contributed by atoms with E-state index in [2.05, 4.69) is 53.7 Å². The van der Waals surface area contributed by atoms with Gasteiger partial charge in [0.05, 0.1) is 81.4 Å². The Kier molecular flexibility index (Phi) is 50.4. The number of benzene rings is 1. The second-order valence-corrected chi connectivity index (χ2v) is 44.5. The Morgan fingerprint density at radius 2 is 0.853 bits per heavy atom. The highest BCUT2D eigenvalue weighted by atomic mass is 16.6. The molecule has 2 aliphatic carbocycles. The molecule has 0 aromatic heterocycles. The molecular formula is C114H184N2O27. The van der Waals surface area contributed by atoms with Crippen LogP contribution in [0.4, 0.5) is 0 Å². The van der Waals surface area contributed by atoms with Gasteiger partial charge in [-0.05, 0) is 250 Å². The molecule has 143 heavy (non-hydrogen) atoms. The molecule has 34 atom stereocenters. The number of cyclic esters (lactones) is 2. The number of aliphatic hydroxyl groups is 10. The maximum Gasteiger partial charge on any atom is 0.329 e. The molecule has 6 aliphatic heterocycles. The number of esters is 2. The Balaban J connectivity index is 0.000000341. The van der Waals surface area contributed by atoms with Crippen LogP contribution in [0.25, 0.3) is 0 Å². The van der Waals surface area contributed by atoms with Gasteiger partial charge in [0.15, 0.2) is 0 Å². The minimum absolute atomic E-state index is 0.0359. The molecule has 2 amide bonds. The van der Waals surface area contributed by atoms with Crippen molar-refractivity contribution in [2.45, 2.75) is 412 Å². The number of rotatable bonds is 13. The van der Waals surface area contributed by atoms with Gasteiger partial charge in [-0.2, -0.15) is 0 Å². The SMILES string of the molecule is CO[C@H]1[C@@H](O)[C@H](C)C[C@H](C)/C=C/C=C/C=C(\C)[C@@H](C)CC2CC[C@@H](C)[C@@](O)(O2)C(=O)C(=O)N2CCCC[C@H]2C(=O)OC([C@H](C)C[C@@H]2CC[C@@H](O)[C@H](OC)C2)C[C@H](O)[C@H](C)/C=C(\C)[C@H]1O.CO[C@H]1[C@@H](O)[C@H](C)C[C@H](C)/C=C/C=CC=C(C)[C@@H](OC)CC2CC[C@@H](C)[C@@](O)(O2)C(=O)C(=O)N2CCCC[C@H]2C(=O)OC([C@H](C)C[C@@H]2CC[C@@H](O)[C@H](OC)C2)C[C@H](O)[C@H](C)/C=C(\C)[C@H]1O.COc1ccc(C(C)(C)C)c(OC)c1. The smallest absolute Gasteiger partial charge is 0.329 e. The lowest BCUT2D eigenvalue weighted by Gasteiger charge is -2.43. The van der Waals surface area contributed by atoms with E-state index in [0.717, 1.165) is 35.5 Å². The third-order valence-corrected chi connectivity index (χ3v) is 32.1. The molecule has 29 nitrogen and oxygen atoms in total. The summed E-state index contributed by atoms with van der Waals surface area (Å²) in [5.74, 6) is -11.4.